The van der Waals surface area contributed by atoms with Crippen molar-refractivity contribution in [2.75, 3.05) is 22.5 Å². The molecule has 0 radical (unpaired) electrons. The number of aromatic carboxylic acids is 1. The number of amides is 3. The number of anilines is 2. The summed E-state index contributed by atoms with van der Waals surface area (Å²) in [6.07, 6.45) is 1.50. The molecule has 10 heteroatoms. The van der Waals surface area contributed by atoms with Crippen LogP contribution in [-0.2, 0) is 11.2 Å². The fraction of sp³-hybridized carbons (Fsp3) is 0.185. The number of thioether (sulfide) groups is 1. The lowest BCUT2D eigenvalue weighted by Gasteiger charge is -2.15. The molecule has 1 heterocycles. The Hall–Kier alpha value is -4.18. The highest BCUT2D eigenvalue weighted by Crippen LogP contribution is 2.33. The number of carbonyl (C=O) groups is 3. The van der Waals surface area contributed by atoms with E-state index in [1.54, 1.807) is 40.9 Å². The third-order valence-corrected chi connectivity index (χ3v) is 6.64. The first kappa shape index (κ1) is 25.9. The number of carbonyl (C=O) groups excluding carboxylic acids is 2. The van der Waals surface area contributed by atoms with Crippen molar-refractivity contribution >= 4 is 46.8 Å². The van der Waals surface area contributed by atoms with Crippen LogP contribution in [0, 0.1) is 5.82 Å². The number of hydrogen-bond acceptors (Lipinski definition) is 5. The van der Waals surface area contributed by atoms with Crippen LogP contribution in [0.25, 0.3) is 0 Å². The lowest BCUT2D eigenvalue weighted by atomic mass is 10.1. The highest BCUT2D eigenvalue weighted by Gasteiger charge is 2.34. The molecule has 8 nitrogen and oxygen atoms in total. The molecular weight excluding hydrogens is 495 g/mol. The van der Waals surface area contributed by atoms with E-state index < -0.39 is 17.8 Å². The van der Waals surface area contributed by atoms with Crippen LogP contribution >= 0.6 is 11.8 Å². The van der Waals surface area contributed by atoms with Crippen molar-refractivity contribution in [2.24, 2.45) is 5.10 Å². The topological polar surface area (TPSA) is 111 Å². The zero-order chi connectivity index (χ0) is 26.4. The summed E-state index contributed by atoms with van der Waals surface area (Å²) in [6, 6.07) is 17.2. The number of nitrogens with zero attached hydrogens (tertiary/aromatic N) is 2. The Bertz CT molecular complexity index is 1340. The first-order valence-corrected chi connectivity index (χ1v) is 12.7. The average Bonchev–Trinajstić information content (AvgIpc) is 3.14. The fourth-order valence-electron chi connectivity index (χ4n) is 3.84. The second-order valence-electron chi connectivity index (χ2n) is 8.27. The van der Waals surface area contributed by atoms with Crippen LogP contribution in [0.3, 0.4) is 0 Å². The van der Waals surface area contributed by atoms with Crippen LogP contribution in [0.1, 0.15) is 34.8 Å². The zero-order valence-corrected chi connectivity index (χ0v) is 20.8. The molecule has 0 saturated heterocycles. The van der Waals surface area contributed by atoms with E-state index in [1.165, 1.54) is 24.3 Å². The second-order valence-corrected chi connectivity index (χ2v) is 9.44. The first-order chi connectivity index (χ1) is 17.9. The molecular formula is C27H25FN4O4S. The van der Waals surface area contributed by atoms with Crippen LogP contribution < -0.4 is 15.6 Å². The van der Waals surface area contributed by atoms with Crippen LogP contribution in [-0.4, -0.2) is 41.0 Å². The zero-order valence-electron chi connectivity index (χ0n) is 20.0. The summed E-state index contributed by atoms with van der Waals surface area (Å²) in [5, 5.41) is 15.7. The van der Waals surface area contributed by atoms with Gasteiger partial charge >= 0.3 is 12.0 Å². The summed E-state index contributed by atoms with van der Waals surface area (Å²) in [5.74, 6) is -0.909. The van der Waals surface area contributed by atoms with Crippen molar-refractivity contribution in [3.8, 4) is 0 Å². The van der Waals surface area contributed by atoms with Gasteiger partial charge in [0.1, 0.15) is 5.82 Å². The molecule has 0 spiro atoms. The number of halogens is 1. The molecule has 0 bridgehead atoms. The summed E-state index contributed by atoms with van der Waals surface area (Å²) in [7, 11) is 0. The third-order valence-electron chi connectivity index (χ3n) is 5.64. The summed E-state index contributed by atoms with van der Waals surface area (Å²) in [5.41, 5.74) is 5.55. The molecule has 0 aromatic heterocycles. The van der Waals surface area contributed by atoms with E-state index in [2.05, 4.69) is 15.8 Å². The minimum atomic E-state index is -0.953. The Balaban J connectivity index is 1.46. The van der Waals surface area contributed by atoms with E-state index in [4.69, 9.17) is 5.11 Å². The van der Waals surface area contributed by atoms with Crippen molar-refractivity contribution in [1.29, 1.82) is 0 Å². The maximum atomic E-state index is 13.1. The van der Waals surface area contributed by atoms with Crippen molar-refractivity contribution in [3.63, 3.8) is 0 Å². The molecule has 0 aliphatic carbocycles. The van der Waals surface area contributed by atoms with E-state index in [0.29, 0.717) is 17.8 Å². The van der Waals surface area contributed by atoms with Gasteiger partial charge in [-0.3, -0.25) is 4.79 Å². The predicted molar refractivity (Wildman–Crippen MR) is 142 cm³/mol. The highest BCUT2D eigenvalue weighted by molar-refractivity contribution is 7.99. The lowest BCUT2D eigenvalue weighted by Crippen LogP contribution is -2.33. The van der Waals surface area contributed by atoms with Gasteiger partial charge in [0.2, 0.25) is 0 Å². The van der Waals surface area contributed by atoms with Crippen molar-refractivity contribution in [1.82, 2.24) is 5.43 Å². The van der Waals surface area contributed by atoms with Crippen molar-refractivity contribution < 1.29 is 23.9 Å². The normalized spacial score (nSPS) is 13.5. The first-order valence-electron chi connectivity index (χ1n) is 11.7. The molecule has 3 N–H and O–H groups in total. The molecule has 0 saturated carbocycles. The van der Waals surface area contributed by atoms with Gasteiger partial charge in [0.25, 0.3) is 5.91 Å². The molecule has 37 heavy (non-hydrogen) atoms. The average molecular weight is 521 g/mol. The molecule has 1 aliphatic rings. The molecule has 1 aliphatic heterocycles. The number of hydrazone groups is 1. The van der Waals surface area contributed by atoms with E-state index in [-0.39, 0.29) is 17.2 Å². The minimum absolute atomic E-state index is 0.143. The van der Waals surface area contributed by atoms with Crippen molar-refractivity contribution in [3.05, 3.63) is 89.2 Å². The van der Waals surface area contributed by atoms with Crippen LogP contribution in [0.2, 0.25) is 0 Å². The Morgan fingerprint density at radius 3 is 2.46 bits per heavy atom. The smallest absolute Gasteiger partial charge is 0.339 e. The number of rotatable bonds is 9. The van der Waals surface area contributed by atoms with Gasteiger partial charge in [-0.2, -0.15) is 5.10 Å². The number of carboxylic acids is 1. The third kappa shape index (κ3) is 6.34. The van der Waals surface area contributed by atoms with E-state index >= 15 is 0 Å². The molecule has 0 atom stereocenters. The van der Waals surface area contributed by atoms with E-state index in [0.717, 1.165) is 34.7 Å². The maximum absolute atomic E-state index is 13.1. The molecule has 3 aromatic rings. The fourth-order valence-corrected chi connectivity index (χ4v) is 4.77. The predicted octanol–water partition coefficient (Wildman–Crippen LogP) is 5.14. The Morgan fingerprint density at radius 1 is 1.05 bits per heavy atom. The van der Waals surface area contributed by atoms with Crippen LogP contribution in [0.15, 0.2) is 76.7 Å². The molecule has 190 valence electrons. The summed E-state index contributed by atoms with van der Waals surface area (Å²) in [6.45, 7) is 2.50. The quantitative estimate of drug-likeness (QED) is 0.267. The minimum Gasteiger partial charge on any atom is -0.478 e. The van der Waals surface area contributed by atoms with Gasteiger partial charge in [0.15, 0.2) is 5.71 Å². The molecule has 0 fully saturated rings. The molecule has 0 unspecified atom stereocenters. The van der Waals surface area contributed by atoms with Crippen LogP contribution in [0.5, 0.6) is 0 Å². The Kier molecular flexibility index (Phi) is 8.19. The van der Waals surface area contributed by atoms with Gasteiger partial charge in [-0.15, -0.1) is 11.8 Å². The summed E-state index contributed by atoms with van der Waals surface area (Å²) in [4.78, 5) is 39.0. The number of urea groups is 1. The van der Waals surface area contributed by atoms with Gasteiger partial charge in [0, 0.05) is 28.4 Å². The number of fused-ring (bicyclic) bond motifs is 1. The standard InChI is InChI=1S/C27H25FN4O4S/c1-2-14-32-23-12-11-21(37-15-13-17-3-5-18(6-4-17)26(34)35)16-22(23)24(25(32)33)30-31-27(36)29-20-9-7-19(28)8-10-20/h3-12,16H,2,13-15H2,1H3,(H,34,35)(H2,29,31,36)/b30-24-. The van der Waals surface area contributed by atoms with Crippen LogP contribution in [0.4, 0.5) is 20.6 Å². The SMILES string of the molecule is CCCN1C(=O)/C(=N\NC(=O)Nc2ccc(F)cc2)c2cc(SCCc3ccc(C(=O)O)cc3)ccc21. The monoisotopic (exact) mass is 520 g/mol. The number of nitrogens with one attached hydrogen (secondary N) is 2. The molecule has 3 aromatic carbocycles. The Labute approximate surface area is 217 Å². The Morgan fingerprint density at radius 2 is 1.78 bits per heavy atom. The largest absolute Gasteiger partial charge is 0.478 e. The van der Waals surface area contributed by atoms with Gasteiger partial charge in [-0.25, -0.2) is 19.4 Å². The van der Waals surface area contributed by atoms with Gasteiger partial charge in [-0.05, 0) is 73.0 Å². The molecule has 4 rings (SSSR count). The number of hydrogen-bond donors (Lipinski definition) is 3. The van der Waals surface area contributed by atoms with Gasteiger partial charge in [-0.1, -0.05) is 19.1 Å². The van der Waals surface area contributed by atoms with Gasteiger partial charge < -0.3 is 15.3 Å². The summed E-state index contributed by atoms with van der Waals surface area (Å²) >= 11 is 1.61. The van der Waals surface area contributed by atoms with E-state index in [1.807, 2.05) is 25.1 Å². The summed E-state index contributed by atoms with van der Waals surface area (Å²) < 4.78 is 13.1. The number of benzene rings is 3. The number of carboxylic acid groups (broad SMARTS) is 1. The molecule has 3 amide bonds. The second kappa shape index (κ2) is 11.7. The van der Waals surface area contributed by atoms with Gasteiger partial charge in [0.05, 0.1) is 11.3 Å². The number of aryl methyl sites for hydroxylation is 1. The maximum Gasteiger partial charge on any atom is 0.339 e. The van der Waals surface area contributed by atoms with Crippen molar-refractivity contribution in [2.45, 2.75) is 24.7 Å². The van der Waals surface area contributed by atoms with E-state index in [9.17, 15) is 18.8 Å². The highest BCUT2D eigenvalue weighted by atomic mass is 32.2. The lowest BCUT2D eigenvalue weighted by molar-refractivity contribution is -0.112.